The van der Waals surface area contributed by atoms with Crippen LogP contribution in [-0.4, -0.2) is 19.2 Å². The van der Waals surface area contributed by atoms with Gasteiger partial charge in [-0.25, -0.2) is 0 Å². The molecule has 9 aromatic rings. The van der Waals surface area contributed by atoms with Gasteiger partial charge in [-0.1, -0.05) is 133 Å². The van der Waals surface area contributed by atoms with E-state index in [-0.39, 0.29) is 0 Å². The van der Waals surface area contributed by atoms with Gasteiger partial charge in [-0.15, -0.1) is 0 Å². The number of benzene rings is 8. The molecule has 8 aromatic carbocycles. The minimum absolute atomic E-state index is 0.850. The number of hydrogen-bond donors (Lipinski definition) is 1. The summed E-state index contributed by atoms with van der Waals surface area (Å²) in [6.45, 7) is 0. The molecular formula is C46H33NO2. The summed E-state index contributed by atoms with van der Waals surface area (Å²) in [7, 11) is 3.52. The highest BCUT2D eigenvalue weighted by molar-refractivity contribution is 6.14. The topological polar surface area (TPSA) is 34.2 Å². The van der Waals surface area contributed by atoms with Gasteiger partial charge in [0, 0.05) is 44.8 Å². The zero-order valence-corrected chi connectivity index (χ0v) is 27.3. The largest absolute Gasteiger partial charge is 0.496 e. The third kappa shape index (κ3) is 4.66. The number of hydrogen-bond acceptors (Lipinski definition) is 2. The van der Waals surface area contributed by atoms with Gasteiger partial charge in [-0.05, 0) is 67.4 Å². The highest BCUT2D eigenvalue weighted by Gasteiger charge is 2.22. The molecule has 3 nitrogen and oxygen atoms in total. The Balaban J connectivity index is 1.32. The average Bonchev–Trinajstić information content (AvgIpc) is 3.66. The van der Waals surface area contributed by atoms with Crippen molar-refractivity contribution in [3.8, 4) is 56.3 Å². The molecule has 0 aliphatic heterocycles. The number of fused-ring (bicyclic) bond motifs is 4. The van der Waals surface area contributed by atoms with Crippen molar-refractivity contribution in [3.05, 3.63) is 158 Å². The minimum atomic E-state index is 0.850. The Hall–Kier alpha value is -6.32. The quantitative estimate of drug-likeness (QED) is 0.198. The van der Waals surface area contributed by atoms with E-state index in [1.807, 2.05) is 0 Å². The number of nitrogens with one attached hydrogen (secondary N) is 1. The average molecular weight is 632 g/mol. The van der Waals surface area contributed by atoms with Gasteiger partial charge in [0.05, 0.1) is 14.2 Å². The molecule has 9 rings (SSSR count). The second-order valence-corrected chi connectivity index (χ2v) is 12.4. The van der Waals surface area contributed by atoms with Crippen LogP contribution in [0.25, 0.3) is 87.9 Å². The lowest BCUT2D eigenvalue weighted by atomic mass is 9.88. The van der Waals surface area contributed by atoms with Gasteiger partial charge in [-0.2, -0.15) is 0 Å². The van der Waals surface area contributed by atoms with Crippen molar-refractivity contribution >= 4 is 43.1 Å². The zero-order valence-electron chi connectivity index (χ0n) is 27.3. The van der Waals surface area contributed by atoms with Gasteiger partial charge in [-0.3, -0.25) is 0 Å². The maximum atomic E-state index is 6.06. The van der Waals surface area contributed by atoms with Crippen LogP contribution < -0.4 is 9.47 Å². The summed E-state index contributed by atoms with van der Waals surface area (Å²) >= 11 is 0. The van der Waals surface area contributed by atoms with Gasteiger partial charge in [0.25, 0.3) is 0 Å². The molecular weight excluding hydrogens is 599 g/mol. The zero-order chi connectivity index (χ0) is 32.9. The lowest BCUT2D eigenvalue weighted by Crippen LogP contribution is -1.95. The lowest BCUT2D eigenvalue weighted by Gasteiger charge is -2.19. The molecule has 0 bridgehead atoms. The van der Waals surface area contributed by atoms with Gasteiger partial charge in [0.15, 0.2) is 0 Å². The van der Waals surface area contributed by atoms with Crippen LogP contribution in [0.15, 0.2) is 158 Å². The molecule has 0 saturated heterocycles. The van der Waals surface area contributed by atoms with Crippen LogP contribution in [0.2, 0.25) is 0 Å². The van der Waals surface area contributed by atoms with Crippen LogP contribution in [0.3, 0.4) is 0 Å². The summed E-state index contributed by atoms with van der Waals surface area (Å²) in [5, 5.41) is 9.39. The fraction of sp³-hybridized carbons (Fsp3) is 0.0435. The van der Waals surface area contributed by atoms with Gasteiger partial charge >= 0.3 is 0 Å². The SMILES string of the molecule is COc1ccc2ccccc2c1-c1c(-c2ccc(-c3ccc4ccccc4c3-c3c(OC)ccc4ccccc34)[nH]2)ccc2ccccc12. The number of ether oxygens (including phenoxy) is 2. The number of rotatable bonds is 6. The molecule has 1 heterocycles. The predicted octanol–water partition coefficient (Wildman–Crippen LogP) is 12.3. The van der Waals surface area contributed by atoms with Crippen molar-refractivity contribution in [1.29, 1.82) is 0 Å². The molecule has 1 N–H and O–H groups in total. The molecule has 0 aliphatic carbocycles. The summed E-state index contributed by atoms with van der Waals surface area (Å²) in [6.07, 6.45) is 0. The minimum Gasteiger partial charge on any atom is -0.496 e. The first-order valence-corrected chi connectivity index (χ1v) is 16.6. The standard InChI is InChI=1S/C46H33NO2/c1-48-41-27-21-31-13-5-9-17-35(31)45(41)43-33-15-7-3-11-29(33)19-23-37(43)39-25-26-40(47-39)38-24-20-30-12-4-8-16-34(30)44(38)46-36-18-10-6-14-32(36)22-28-42(46)49-2/h3-28,47H,1-2H3. The molecule has 234 valence electrons. The molecule has 0 saturated carbocycles. The van der Waals surface area contributed by atoms with Crippen molar-refractivity contribution in [2.24, 2.45) is 0 Å². The first kappa shape index (κ1) is 28.9. The van der Waals surface area contributed by atoms with E-state index in [2.05, 4.69) is 163 Å². The van der Waals surface area contributed by atoms with E-state index in [1.54, 1.807) is 14.2 Å². The van der Waals surface area contributed by atoms with E-state index in [4.69, 9.17) is 9.47 Å². The molecule has 0 radical (unpaired) electrons. The Kier molecular flexibility index (Phi) is 6.91. The summed E-state index contributed by atoms with van der Waals surface area (Å²) in [5.74, 6) is 1.70. The summed E-state index contributed by atoms with van der Waals surface area (Å²) in [4.78, 5) is 3.88. The number of methoxy groups -OCH3 is 2. The van der Waals surface area contributed by atoms with Crippen LogP contribution in [0, 0.1) is 0 Å². The van der Waals surface area contributed by atoms with Crippen LogP contribution >= 0.6 is 0 Å². The normalized spacial score (nSPS) is 11.5. The number of aromatic amines is 1. The van der Waals surface area contributed by atoms with Crippen LogP contribution in [-0.2, 0) is 0 Å². The molecule has 1 aromatic heterocycles. The molecule has 49 heavy (non-hydrogen) atoms. The van der Waals surface area contributed by atoms with E-state index >= 15 is 0 Å². The Morgan fingerprint density at radius 1 is 0.327 bits per heavy atom. The van der Waals surface area contributed by atoms with Crippen LogP contribution in [0.5, 0.6) is 11.5 Å². The van der Waals surface area contributed by atoms with Crippen molar-refractivity contribution in [2.75, 3.05) is 14.2 Å². The number of aromatic nitrogens is 1. The molecule has 0 aliphatic rings. The lowest BCUT2D eigenvalue weighted by molar-refractivity contribution is 0.417. The molecule has 0 unspecified atom stereocenters. The first-order chi connectivity index (χ1) is 24.2. The van der Waals surface area contributed by atoms with E-state index in [0.29, 0.717) is 0 Å². The fourth-order valence-electron chi connectivity index (χ4n) is 7.60. The maximum absolute atomic E-state index is 6.06. The maximum Gasteiger partial charge on any atom is 0.127 e. The highest BCUT2D eigenvalue weighted by atomic mass is 16.5. The third-order valence-corrected chi connectivity index (χ3v) is 9.85. The Labute approximate surface area is 285 Å². The summed E-state index contributed by atoms with van der Waals surface area (Å²) in [5.41, 5.74) is 8.79. The van der Waals surface area contributed by atoms with E-state index in [9.17, 15) is 0 Å². The molecule has 0 amide bonds. The Morgan fingerprint density at radius 3 is 1.02 bits per heavy atom. The highest BCUT2D eigenvalue weighted by Crippen LogP contribution is 2.48. The fourth-order valence-corrected chi connectivity index (χ4v) is 7.60. The van der Waals surface area contributed by atoms with Crippen molar-refractivity contribution < 1.29 is 9.47 Å². The summed E-state index contributed by atoms with van der Waals surface area (Å²) < 4.78 is 12.1. The Bertz CT molecular complexity index is 2520. The Morgan fingerprint density at radius 2 is 0.653 bits per heavy atom. The summed E-state index contributed by atoms with van der Waals surface area (Å²) in [6, 6.07) is 56.1. The van der Waals surface area contributed by atoms with Gasteiger partial charge in [0.1, 0.15) is 11.5 Å². The second-order valence-electron chi connectivity index (χ2n) is 12.4. The van der Waals surface area contributed by atoms with E-state index in [1.165, 1.54) is 32.3 Å². The van der Waals surface area contributed by atoms with Crippen LogP contribution in [0.4, 0.5) is 0 Å². The van der Waals surface area contributed by atoms with Gasteiger partial charge < -0.3 is 14.5 Å². The van der Waals surface area contributed by atoms with Crippen molar-refractivity contribution in [2.45, 2.75) is 0 Å². The predicted molar refractivity (Wildman–Crippen MR) is 206 cm³/mol. The molecule has 0 fully saturated rings. The van der Waals surface area contributed by atoms with Gasteiger partial charge in [0.2, 0.25) is 0 Å². The number of H-pyrrole nitrogens is 1. The van der Waals surface area contributed by atoms with Crippen molar-refractivity contribution in [3.63, 3.8) is 0 Å². The second kappa shape index (κ2) is 11.7. The van der Waals surface area contributed by atoms with Crippen LogP contribution in [0.1, 0.15) is 0 Å². The first-order valence-electron chi connectivity index (χ1n) is 16.6. The monoisotopic (exact) mass is 631 g/mol. The molecule has 0 spiro atoms. The molecule has 3 heteroatoms. The van der Waals surface area contributed by atoms with E-state index < -0.39 is 0 Å². The van der Waals surface area contributed by atoms with Crippen molar-refractivity contribution in [1.82, 2.24) is 4.98 Å². The smallest absolute Gasteiger partial charge is 0.127 e. The van der Waals surface area contributed by atoms with E-state index in [0.717, 1.165) is 67.0 Å². The molecule has 0 atom stereocenters. The third-order valence-electron chi connectivity index (χ3n) is 9.85.